The zero-order valence-corrected chi connectivity index (χ0v) is 19.5. The van der Waals surface area contributed by atoms with Gasteiger partial charge in [-0.25, -0.2) is 19.7 Å². The van der Waals surface area contributed by atoms with E-state index in [4.69, 9.17) is 0 Å². The molecule has 2 aromatic heterocycles. The van der Waals surface area contributed by atoms with Gasteiger partial charge in [0.2, 0.25) is 0 Å². The summed E-state index contributed by atoms with van der Waals surface area (Å²) >= 11 is 4.81. The van der Waals surface area contributed by atoms with Gasteiger partial charge < -0.3 is 15.5 Å². The Kier molecular flexibility index (Phi) is 5.15. The molecule has 1 aromatic carbocycles. The van der Waals surface area contributed by atoms with Gasteiger partial charge in [0.05, 0.1) is 16.8 Å². The second kappa shape index (κ2) is 7.85. The average Bonchev–Trinajstić information content (AvgIpc) is 3.12. The first kappa shape index (κ1) is 20.3. The van der Waals surface area contributed by atoms with Crippen molar-refractivity contribution in [1.29, 1.82) is 0 Å². The molecule has 3 amide bonds. The van der Waals surface area contributed by atoms with Gasteiger partial charge in [0.1, 0.15) is 16.0 Å². The standard InChI is InChI=1S/C21H21BrN6O2S/c1-11-3-4-13(9-14(11)22)28-18-15-16(26-21(28)30)17(31-20(15)24-10-23-18)19(29)25-12-5-7-27(2)8-6-12/h3-4,9-10,12H,5-8H2,1-2H3,(H,25,29)(H,26,30). The van der Waals surface area contributed by atoms with Crippen LogP contribution in [0.15, 0.2) is 29.0 Å². The summed E-state index contributed by atoms with van der Waals surface area (Å²) in [5.74, 6) is 0.305. The normalized spacial score (nSPS) is 17.1. The molecule has 0 radical (unpaired) electrons. The zero-order valence-electron chi connectivity index (χ0n) is 17.1. The molecule has 2 aliphatic heterocycles. The first-order chi connectivity index (χ1) is 14.9. The molecular weight excluding hydrogens is 480 g/mol. The molecular formula is C21H21BrN6O2S. The monoisotopic (exact) mass is 500 g/mol. The van der Waals surface area contributed by atoms with Gasteiger partial charge in [-0.05, 0) is 57.6 Å². The molecule has 1 saturated heterocycles. The molecule has 0 saturated carbocycles. The molecule has 0 spiro atoms. The number of benzene rings is 1. The number of carbonyl (C=O) groups is 2. The van der Waals surface area contributed by atoms with Crippen LogP contribution in [0.2, 0.25) is 0 Å². The number of aryl methyl sites for hydroxylation is 1. The molecule has 3 aromatic rings. The third-order valence-electron chi connectivity index (χ3n) is 5.79. The number of piperidine rings is 1. The highest BCUT2D eigenvalue weighted by Gasteiger charge is 2.34. The van der Waals surface area contributed by atoms with Crippen molar-refractivity contribution in [3.05, 3.63) is 39.4 Å². The highest BCUT2D eigenvalue weighted by molar-refractivity contribution is 9.10. The molecule has 8 nitrogen and oxygen atoms in total. The predicted molar refractivity (Wildman–Crippen MR) is 125 cm³/mol. The second-order valence-electron chi connectivity index (χ2n) is 7.93. The fraction of sp³-hybridized carbons (Fsp3) is 0.333. The number of nitrogens with one attached hydrogen (secondary N) is 2. The Morgan fingerprint density at radius 2 is 2.06 bits per heavy atom. The molecule has 2 N–H and O–H groups in total. The van der Waals surface area contributed by atoms with Gasteiger partial charge in [-0.15, -0.1) is 11.3 Å². The summed E-state index contributed by atoms with van der Waals surface area (Å²) in [5.41, 5.74) is 2.25. The second-order valence-corrected chi connectivity index (χ2v) is 9.79. The fourth-order valence-corrected chi connectivity index (χ4v) is 5.35. The number of thiophene rings is 1. The van der Waals surface area contributed by atoms with Crippen molar-refractivity contribution in [3.8, 4) is 0 Å². The lowest BCUT2D eigenvalue weighted by atomic mass is 10.1. The molecule has 0 atom stereocenters. The van der Waals surface area contributed by atoms with Crippen LogP contribution in [0.5, 0.6) is 0 Å². The largest absolute Gasteiger partial charge is 0.348 e. The first-order valence-electron chi connectivity index (χ1n) is 10.1. The van der Waals surface area contributed by atoms with Crippen LogP contribution in [0.25, 0.3) is 10.2 Å². The van der Waals surface area contributed by atoms with Crippen LogP contribution in [0.1, 0.15) is 28.1 Å². The SMILES string of the molecule is Cc1ccc(N2C(=O)Nc3c(C(=O)NC4CCN(C)CC4)sc4ncnc2c34)cc1Br. The van der Waals surface area contributed by atoms with Crippen molar-refractivity contribution >= 4 is 66.6 Å². The van der Waals surface area contributed by atoms with Gasteiger partial charge in [-0.3, -0.25) is 4.79 Å². The average molecular weight is 501 g/mol. The number of halogens is 1. The van der Waals surface area contributed by atoms with Crippen molar-refractivity contribution in [1.82, 2.24) is 20.2 Å². The van der Waals surface area contributed by atoms with Gasteiger partial charge in [-0.2, -0.15) is 0 Å². The third-order valence-corrected chi connectivity index (χ3v) is 7.74. The molecule has 160 valence electrons. The van der Waals surface area contributed by atoms with Crippen LogP contribution in [-0.2, 0) is 0 Å². The van der Waals surface area contributed by atoms with Crippen molar-refractivity contribution in [2.75, 3.05) is 30.4 Å². The van der Waals surface area contributed by atoms with Crippen LogP contribution in [-0.4, -0.2) is 53.0 Å². The van der Waals surface area contributed by atoms with E-state index >= 15 is 0 Å². The number of aromatic nitrogens is 2. The summed E-state index contributed by atoms with van der Waals surface area (Å²) in [6.45, 7) is 3.90. The molecule has 4 heterocycles. The van der Waals surface area contributed by atoms with E-state index in [2.05, 4.69) is 48.5 Å². The number of likely N-dealkylation sites (tertiary alicyclic amines) is 1. The Morgan fingerprint density at radius 3 is 2.81 bits per heavy atom. The Hall–Kier alpha value is -2.56. The molecule has 0 unspecified atom stereocenters. The quantitative estimate of drug-likeness (QED) is 0.560. The third kappa shape index (κ3) is 3.58. The number of carbonyl (C=O) groups excluding carboxylic acids is 2. The van der Waals surface area contributed by atoms with E-state index in [0.717, 1.165) is 36.0 Å². The van der Waals surface area contributed by atoms with Gasteiger partial charge in [0, 0.05) is 10.5 Å². The molecule has 31 heavy (non-hydrogen) atoms. The van der Waals surface area contributed by atoms with Crippen molar-refractivity contribution in [2.45, 2.75) is 25.8 Å². The van der Waals surface area contributed by atoms with E-state index in [9.17, 15) is 9.59 Å². The van der Waals surface area contributed by atoms with E-state index in [1.807, 2.05) is 25.1 Å². The number of anilines is 3. The molecule has 10 heteroatoms. The lowest BCUT2D eigenvalue weighted by molar-refractivity contribution is 0.0922. The summed E-state index contributed by atoms with van der Waals surface area (Å²) in [6.07, 6.45) is 3.26. The van der Waals surface area contributed by atoms with E-state index in [1.54, 1.807) is 0 Å². The maximum atomic E-state index is 13.1. The van der Waals surface area contributed by atoms with Gasteiger partial charge in [0.15, 0.2) is 5.82 Å². The van der Waals surface area contributed by atoms with Gasteiger partial charge in [-0.1, -0.05) is 22.0 Å². The topological polar surface area (TPSA) is 90.5 Å². The lowest BCUT2D eigenvalue weighted by Gasteiger charge is -2.30. The smallest absolute Gasteiger partial charge is 0.332 e. The summed E-state index contributed by atoms with van der Waals surface area (Å²) < 4.78 is 0.900. The van der Waals surface area contributed by atoms with E-state index in [1.165, 1.54) is 22.6 Å². The van der Waals surface area contributed by atoms with E-state index in [0.29, 0.717) is 32.3 Å². The molecule has 0 bridgehead atoms. The Labute approximate surface area is 191 Å². The van der Waals surface area contributed by atoms with E-state index < -0.39 is 0 Å². The maximum Gasteiger partial charge on any atom is 0.332 e. The van der Waals surface area contributed by atoms with Gasteiger partial charge in [0.25, 0.3) is 5.91 Å². The summed E-state index contributed by atoms with van der Waals surface area (Å²) in [4.78, 5) is 39.9. The predicted octanol–water partition coefficient (Wildman–Crippen LogP) is 4.27. The maximum absolute atomic E-state index is 13.1. The minimum atomic E-state index is -0.352. The number of hydrogen-bond donors (Lipinski definition) is 2. The number of rotatable bonds is 3. The number of hydrogen-bond acceptors (Lipinski definition) is 6. The van der Waals surface area contributed by atoms with Crippen molar-refractivity contribution in [3.63, 3.8) is 0 Å². The van der Waals surface area contributed by atoms with Crippen molar-refractivity contribution < 1.29 is 9.59 Å². The molecule has 5 rings (SSSR count). The molecule has 1 fully saturated rings. The highest BCUT2D eigenvalue weighted by atomic mass is 79.9. The van der Waals surface area contributed by atoms with Crippen LogP contribution >= 0.6 is 27.3 Å². The van der Waals surface area contributed by atoms with Crippen molar-refractivity contribution in [2.24, 2.45) is 0 Å². The molecule has 0 aliphatic carbocycles. The lowest BCUT2D eigenvalue weighted by Crippen LogP contribution is -2.43. The molecule has 2 aliphatic rings. The van der Waals surface area contributed by atoms with E-state index in [-0.39, 0.29) is 18.0 Å². The zero-order chi connectivity index (χ0) is 21.7. The first-order valence-corrected chi connectivity index (χ1v) is 11.7. The Balaban J connectivity index is 1.53. The minimum absolute atomic E-state index is 0.132. The Bertz CT molecular complexity index is 1200. The van der Waals surface area contributed by atoms with Crippen LogP contribution in [0, 0.1) is 6.92 Å². The Morgan fingerprint density at radius 1 is 1.29 bits per heavy atom. The summed E-state index contributed by atoms with van der Waals surface area (Å²) in [6, 6.07) is 5.48. The van der Waals surface area contributed by atoms with Gasteiger partial charge >= 0.3 is 6.03 Å². The van der Waals surface area contributed by atoms with Crippen LogP contribution < -0.4 is 15.5 Å². The minimum Gasteiger partial charge on any atom is -0.348 e. The summed E-state index contributed by atoms with van der Waals surface area (Å²) in [5, 5.41) is 6.74. The number of urea groups is 1. The van der Waals surface area contributed by atoms with Crippen LogP contribution in [0.4, 0.5) is 22.0 Å². The highest BCUT2D eigenvalue weighted by Crippen LogP contribution is 2.45. The number of nitrogens with zero attached hydrogens (tertiary/aromatic N) is 4. The number of amides is 3. The fourth-order valence-electron chi connectivity index (χ4n) is 3.99. The van der Waals surface area contributed by atoms with Crippen LogP contribution in [0.3, 0.4) is 0 Å². The summed E-state index contributed by atoms with van der Waals surface area (Å²) in [7, 11) is 2.09.